The summed E-state index contributed by atoms with van der Waals surface area (Å²) in [4.78, 5) is -0.222. The minimum atomic E-state index is -3.79. The normalized spacial score (nSPS) is 22.1. The summed E-state index contributed by atoms with van der Waals surface area (Å²) in [5, 5.41) is 3.28. The van der Waals surface area contributed by atoms with Crippen molar-refractivity contribution in [2.45, 2.75) is 50.1 Å². The third-order valence-electron chi connectivity index (χ3n) is 4.02. The van der Waals surface area contributed by atoms with Crippen molar-refractivity contribution in [2.24, 2.45) is 0 Å². The average molecular weight is 314 g/mol. The molecule has 4 nitrogen and oxygen atoms in total. The Bertz CT molecular complexity index is 577. The minimum absolute atomic E-state index is 0.0526. The van der Waals surface area contributed by atoms with Crippen molar-refractivity contribution in [1.82, 2.24) is 9.62 Å². The highest BCUT2D eigenvalue weighted by atomic mass is 32.2. The molecule has 21 heavy (non-hydrogen) atoms. The summed E-state index contributed by atoms with van der Waals surface area (Å²) in [5.74, 6) is -0.682. The van der Waals surface area contributed by atoms with Gasteiger partial charge in [0.2, 0.25) is 10.0 Å². The van der Waals surface area contributed by atoms with Gasteiger partial charge in [-0.25, -0.2) is 12.8 Å². The maximum absolute atomic E-state index is 13.9. The molecule has 2 unspecified atom stereocenters. The van der Waals surface area contributed by atoms with Gasteiger partial charge < -0.3 is 5.32 Å². The number of piperidine rings is 1. The number of hydrogen-bond acceptors (Lipinski definition) is 3. The third-order valence-corrected chi connectivity index (χ3v) is 5.98. The first kappa shape index (κ1) is 16.4. The summed E-state index contributed by atoms with van der Waals surface area (Å²) in [6.45, 7) is 5.22. The van der Waals surface area contributed by atoms with E-state index in [4.69, 9.17) is 0 Å². The number of halogens is 1. The monoisotopic (exact) mass is 314 g/mol. The van der Waals surface area contributed by atoms with E-state index in [0.717, 1.165) is 25.8 Å². The van der Waals surface area contributed by atoms with E-state index < -0.39 is 15.8 Å². The van der Waals surface area contributed by atoms with Crippen LogP contribution in [0.5, 0.6) is 0 Å². The second kappa shape index (κ2) is 6.85. The first-order valence-corrected chi connectivity index (χ1v) is 8.92. The molecule has 0 radical (unpaired) electrons. The van der Waals surface area contributed by atoms with Gasteiger partial charge in [-0.15, -0.1) is 0 Å². The molecular formula is C15H23FN2O2S. The lowest BCUT2D eigenvalue weighted by molar-refractivity contribution is 0.209. The Balaban J connectivity index is 2.34. The molecule has 0 bridgehead atoms. The largest absolute Gasteiger partial charge is 0.313 e. The van der Waals surface area contributed by atoms with E-state index >= 15 is 0 Å². The molecule has 1 aliphatic heterocycles. The predicted molar refractivity (Wildman–Crippen MR) is 81.1 cm³/mol. The van der Waals surface area contributed by atoms with Crippen molar-refractivity contribution in [3.05, 3.63) is 30.1 Å². The van der Waals surface area contributed by atoms with Gasteiger partial charge in [0, 0.05) is 18.6 Å². The van der Waals surface area contributed by atoms with Crippen LogP contribution in [0.15, 0.2) is 29.2 Å². The van der Waals surface area contributed by atoms with E-state index in [1.54, 1.807) is 6.07 Å². The van der Waals surface area contributed by atoms with E-state index in [0.29, 0.717) is 6.54 Å². The van der Waals surface area contributed by atoms with Crippen LogP contribution in [0.4, 0.5) is 4.39 Å². The summed E-state index contributed by atoms with van der Waals surface area (Å²) >= 11 is 0. The first-order chi connectivity index (χ1) is 9.98. The smallest absolute Gasteiger partial charge is 0.246 e. The second-order valence-corrected chi connectivity index (χ2v) is 7.31. The van der Waals surface area contributed by atoms with Gasteiger partial charge in [-0.1, -0.05) is 25.5 Å². The fraction of sp³-hybridized carbons (Fsp3) is 0.600. The summed E-state index contributed by atoms with van der Waals surface area (Å²) in [6, 6.07) is 5.53. The third kappa shape index (κ3) is 3.44. The van der Waals surface area contributed by atoms with Gasteiger partial charge in [0.25, 0.3) is 0 Å². The lowest BCUT2D eigenvalue weighted by Gasteiger charge is -2.38. The Morgan fingerprint density at radius 3 is 2.76 bits per heavy atom. The van der Waals surface area contributed by atoms with Crippen LogP contribution >= 0.6 is 0 Å². The van der Waals surface area contributed by atoms with E-state index in [1.807, 2.05) is 13.8 Å². The highest BCUT2D eigenvalue weighted by Crippen LogP contribution is 2.28. The van der Waals surface area contributed by atoms with Gasteiger partial charge in [0.05, 0.1) is 0 Å². The number of hydrogen-bond donors (Lipinski definition) is 1. The summed E-state index contributed by atoms with van der Waals surface area (Å²) in [6.07, 6.45) is 2.63. The average Bonchev–Trinajstić information content (AvgIpc) is 2.48. The van der Waals surface area contributed by atoms with Gasteiger partial charge in [-0.05, 0) is 38.4 Å². The number of likely N-dealkylation sites (N-methyl/N-ethyl adjacent to an activating group) is 1. The number of rotatable bonds is 5. The van der Waals surface area contributed by atoms with Crippen LogP contribution in [0, 0.1) is 5.82 Å². The van der Waals surface area contributed by atoms with Crippen LogP contribution in [0.1, 0.15) is 33.1 Å². The zero-order valence-electron chi connectivity index (χ0n) is 12.5. The summed E-state index contributed by atoms with van der Waals surface area (Å²) in [5.41, 5.74) is 0. The molecule has 0 aromatic heterocycles. The molecule has 1 aliphatic rings. The highest BCUT2D eigenvalue weighted by Gasteiger charge is 2.37. The number of benzene rings is 1. The number of nitrogens with one attached hydrogen (secondary N) is 1. The molecule has 0 aliphatic carbocycles. The van der Waals surface area contributed by atoms with Crippen molar-refractivity contribution < 1.29 is 12.8 Å². The van der Waals surface area contributed by atoms with Gasteiger partial charge in [0.15, 0.2) is 0 Å². The zero-order valence-corrected chi connectivity index (χ0v) is 13.4. The zero-order chi connectivity index (χ0) is 15.5. The van der Waals surface area contributed by atoms with E-state index in [1.165, 1.54) is 22.5 Å². The van der Waals surface area contributed by atoms with Gasteiger partial charge in [0.1, 0.15) is 10.7 Å². The van der Waals surface area contributed by atoms with E-state index in [-0.39, 0.29) is 17.0 Å². The minimum Gasteiger partial charge on any atom is -0.313 e. The molecule has 2 atom stereocenters. The van der Waals surface area contributed by atoms with Crippen LogP contribution in [0.3, 0.4) is 0 Å². The van der Waals surface area contributed by atoms with Crippen molar-refractivity contribution >= 4 is 10.0 Å². The molecule has 6 heteroatoms. The molecule has 0 saturated carbocycles. The Hall–Kier alpha value is -0.980. The van der Waals surface area contributed by atoms with Crippen LogP contribution in [0.25, 0.3) is 0 Å². The Labute approximate surface area is 126 Å². The molecule has 118 valence electrons. The van der Waals surface area contributed by atoms with Crippen LogP contribution < -0.4 is 5.32 Å². The standard InChI is InChI=1S/C15H23FN2O2S/c1-3-17-12(2)14-9-6-7-11-18(14)21(19,20)15-10-5-4-8-13(15)16/h4-5,8,10,12,14,17H,3,6-7,9,11H2,1-2H3. The second-order valence-electron chi connectivity index (χ2n) is 5.46. The Morgan fingerprint density at radius 1 is 1.38 bits per heavy atom. The maximum atomic E-state index is 13.9. The van der Waals surface area contributed by atoms with Crippen molar-refractivity contribution in [3.63, 3.8) is 0 Å². The molecule has 1 saturated heterocycles. The fourth-order valence-electron chi connectivity index (χ4n) is 2.97. The Morgan fingerprint density at radius 2 is 2.10 bits per heavy atom. The van der Waals surface area contributed by atoms with E-state index in [9.17, 15) is 12.8 Å². The first-order valence-electron chi connectivity index (χ1n) is 7.48. The molecule has 1 aromatic carbocycles. The number of sulfonamides is 1. The van der Waals surface area contributed by atoms with Crippen molar-refractivity contribution in [2.75, 3.05) is 13.1 Å². The summed E-state index contributed by atoms with van der Waals surface area (Å²) in [7, 11) is -3.79. The van der Waals surface area contributed by atoms with Crippen LogP contribution in [0.2, 0.25) is 0 Å². The number of nitrogens with zero attached hydrogens (tertiary/aromatic N) is 1. The molecule has 2 rings (SSSR count). The molecule has 1 fully saturated rings. The summed E-state index contributed by atoms with van der Waals surface area (Å²) < 4.78 is 40.9. The van der Waals surface area contributed by atoms with Gasteiger partial charge in [-0.3, -0.25) is 0 Å². The molecule has 1 aromatic rings. The predicted octanol–water partition coefficient (Wildman–Crippen LogP) is 2.37. The van der Waals surface area contributed by atoms with Crippen LogP contribution in [-0.4, -0.2) is 37.9 Å². The highest BCUT2D eigenvalue weighted by molar-refractivity contribution is 7.89. The lowest BCUT2D eigenvalue weighted by Crippen LogP contribution is -2.53. The van der Waals surface area contributed by atoms with E-state index in [2.05, 4.69) is 5.32 Å². The molecular weight excluding hydrogens is 291 g/mol. The molecule has 0 spiro atoms. The SMILES string of the molecule is CCNC(C)C1CCCCN1S(=O)(=O)c1ccccc1F. The van der Waals surface area contributed by atoms with Gasteiger partial charge in [-0.2, -0.15) is 4.31 Å². The van der Waals surface area contributed by atoms with Gasteiger partial charge >= 0.3 is 0 Å². The quantitative estimate of drug-likeness (QED) is 0.908. The lowest BCUT2D eigenvalue weighted by atomic mass is 9.99. The van der Waals surface area contributed by atoms with Crippen molar-refractivity contribution in [1.29, 1.82) is 0 Å². The van der Waals surface area contributed by atoms with Crippen molar-refractivity contribution in [3.8, 4) is 0 Å². The molecule has 1 N–H and O–H groups in total. The molecule has 1 heterocycles. The fourth-order valence-corrected chi connectivity index (χ4v) is 4.80. The topological polar surface area (TPSA) is 49.4 Å². The van der Waals surface area contributed by atoms with Crippen LogP contribution in [-0.2, 0) is 10.0 Å². The Kier molecular flexibility index (Phi) is 5.35. The molecule has 0 amide bonds. The maximum Gasteiger partial charge on any atom is 0.246 e.